The number of benzene rings is 1. The van der Waals surface area contributed by atoms with Crippen molar-refractivity contribution in [1.29, 1.82) is 0 Å². The standard InChI is InChI=1S/C15H13N7O2S/c1-9(2)10-3-5-11(6-4-10)12-17-19-21(18-12)13-14(22(23)24)20-7-8-25-15(20)16-13/h3-9H,1-2H3. The molecule has 1 aromatic carbocycles. The molecule has 4 rings (SSSR count). The van der Waals surface area contributed by atoms with Crippen LogP contribution in [-0.4, -0.2) is 34.5 Å². The van der Waals surface area contributed by atoms with Gasteiger partial charge in [-0.2, -0.15) is 9.38 Å². The Hall–Kier alpha value is -3.14. The molecule has 0 saturated carbocycles. The van der Waals surface area contributed by atoms with E-state index in [1.807, 2.05) is 24.3 Å². The van der Waals surface area contributed by atoms with Crippen molar-refractivity contribution >= 4 is 22.1 Å². The molecule has 0 saturated heterocycles. The summed E-state index contributed by atoms with van der Waals surface area (Å²) in [6.45, 7) is 4.24. The molecule has 126 valence electrons. The number of nitrogens with zero attached hydrogens (tertiary/aromatic N) is 7. The molecule has 25 heavy (non-hydrogen) atoms. The average molecular weight is 355 g/mol. The highest BCUT2D eigenvalue weighted by Gasteiger charge is 2.27. The fourth-order valence-corrected chi connectivity index (χ4v) is 3.21. The molecule has 0 fully saturated rings. The molecule has 0 aliphatic heterocycles. The molecular formula is C15H13N7O2S. The zero-order valence-corrected chi connectivity index (χ0v) is 14.2. The first-order valence-electron chi connectivity index (χ1n) is 7.55. The van der Waals surface area contributed by atoms with E-state index in [9.17, 15) is 10.1 Å². The minimum absolute atomic E-state index is 0.0504. The summed E-state index contributed by atoms with van der Waals surface area (Å²) in [6.07, 6.45) is 1.59. The lowest BCUT2D eigenvalue weighted by Crippen LogP contribution is -2.04. The second-order valence-electron chi connectivity index (χ2n) is 5.75. The number of tetrazole rings is 1. The minimum Gasteiger partial charge on any atom is -0.358 e. The van der Waals surface area contributed by atoms with Crippen molar-refractivity contribution in [2.24, 2.45) is 0 Å². The average Bonchev–Trinajstić information content (AvgIpc) is 3.29. The van der Waals surface area contributed by atoms with Crippen molar-refractivity contribution in [3.63, 3.8) is 0 Å². The summed E-state index contributed by atoms with van der Waals surface area (Å²) < 4.78 is 1.40. The SMILES string of the molecule is CC(C)c1ccc(-c2nnn(-c3nc4sccn4c3[N+](=O)[O-])n2)cc1. The third kappa shape index (κ3) is 2.56. The van der Waals surface area contributed by atoms with E-state index in [0.29, 0.717) is 16.7 Å². The van der Waals surface area contributed by atoms with Gasteiger partial charge >= 0.3 is 5.82 Å². The number of hydrogen-bond donors (Lipinski definition) is 0. The monoisotopic (exact) mass is 355 g/mol. The molecule has 0 aliphatic carbocycles. The van der Waals surface area contributed by atoms with E-state index in [1.165, 1.54) is 21.3 Å². The zero-order valence-electron chi connectivity index (χ0n) is 13.4. The Balaban J connectivity index is 1.75. The van der Waals surface area contributed by atoms with Crippen molar-refractivity contribution in [1.82, 2.24) is 29.6 Å². The predicted octanol–water partition coefficient (Wildman–Crippen LogP) is 3.07. The fourth-order valence-electron chi connectivity index (χ4n) is 2.50. The molecule has 0 unspecified atom stereocenters. The number of fused-ring (bicyclic) bond motifs is 1. The van der Waals surface area contributed by atoms with Gasteiger partial charge in [0.25, 0.3) is 10.8 Å². The molecule has 0 atom stereocenters. The van der Waals surface area contributed by atoms with Crippen molar-refractivity contribution in [3.8, 4) is 17.2 Å². The molecule has 0 spiro atoms. The maximum atomic E-state index is 11.4. The van der Waals surface area contributed by atoms with E-state index >= 15 is 0 Å². The first kappa shape index (κ1) is 15.4. The van der Waals surface area contributed by atoms with Gasteiger partial charge in [-0.1, -0.05) is 49.4 Å². The van der Waals surface area contributed by atoms with Gasteiger partial charge in [0, 0.05) is 10.9 Å². The van der Waals surface area contributed by atoms with Gasteiger partial charge in [0.15, 0.2) is 0 Å². The molecule has 4 aromatic rings. The summed E-state index contributed by atoms with van der Waals surface area (Å²) in [5.41, 5.74) is 2.00. The lowest BCUT2D eigenvalue weighted by atomic mass is 10.0. The van der Waals surface area contributed by atoms with Crippen LogP contribution < -0.4 is 0 Å². The van der Waals surface area contributed by atoms with Crippen LogP contribution in [-0.2, 0) is 0 Å². The quantitative estimate of drug-likeness (QED) is 0.411. The van der Waals surface area contributed by atoms with E-state index < -0.39 is 4.92 Å². The van der Waals surface area contributed by atoms with Gasteiger partial charge in [-0.05, 0) is 21.6 Å². The van der Waals surface area contributed by atoms with Crippen LogP contribution in [0.25, 0.3) is 22.2 Å². The van der Waals surface area contributed by atoms with E-state index in [1.54, 1.807) is 11.6 Å². The highest BCUT2D eigenvalue weighted by molar-refractivity contribution is 7.15. The molecule has 0 bridgehead atoms. The normalized spacial score (nSPS) is 11.5. The smallest absolute Gasteiger partial charge is 0.358 e. The van der Waals surface area contributed by atoms with Gasteiger partial charge < -0.3 is 10.1 Å². The van der Waals surface area contributed by atoms with Crippen LogP contribution in [0.5, 0.6) is 0 Å². The van der Waals surface area contributed by atoms with Crippen molar-refractivity contribution < 1.29 is 4.92 Å². The number of hydrogen-bond acceptors (Lipinski definition) is 7. The molecule has 0 aliphatic rings. The number of imidazole rings is 1. The Morgan fingerprint density at radius 3 is 2.68 bits per heavy atom. The minimum atomic E-state index is -0.498. The Morgan fingerprint density at radius 2 is 2.00 bits per heavy atom. The van der Waals surface area contributed by atoms with Crippen molar-refractivity contribution in [2.45, 2.75) is 19.8 Å². The van der Waals surface area contributed by atoms with Gasteiger partial charge in [0.2, 0.25) is 5.82 Å². The summed E-state index contributed by atoms with van der Waals surface area (Å²) in [7, 11) is 0. The van der Waals surface area contributed by atoms with E-state index in [4.69, 9.17) is 0 Å². The van der Waals surface area contributed by atoms with E-state index in [2.05, 4.69) is 34.2 Å². The fraction of sp³-hybridized carbons (Fsp3) is 0.200. The van der Waals surface area contributed by atoms with Gasteiger partial charge in [0.05, 0.1) is 0 Å². The Labute approximate surface area is 145 Å². The first-order valence-corrected chi connectivity index (χ1v) is 8.43. The first-order chi connectivity index (χ1) is 12.0. The topological polar surface area (TPSA) is 104 Å². The van der Waals surface area contributed by atoms with Gasteiger partial charge in [0.1, 0.15) is 6.20 Å². The van der Waals surface area contributed by atoms with Crippen LogP contribution in [0, 0.1) is 10.1 Å². The van der Waals surface area contributed by atoms with Crippen LogP contribution in [0.15, 0.2) is 35.8 Å². The molecule has 3 aromatic heterocycles. The van der Waals surface area contributed by atoms with E-state index in [-0.39, 0.29) is 11.6 Å². The molecule has 9 nitrogen and oxygen atoms in total. The second-order valence-corrected chi connectivity index (χ2v) is 6.62. The van der Waals surface area contributed by atoms with Gasteiger partial charge in [-0.3, -0.25) is 0 Å². The van der Waals surface area contributed by atoms with E-state index in [0.717, 1.165) is 10.4 Å². The maximum Gasteiger partial charge on any atom is 0.377 e. The molecule has 0 amide bonds. The van der Waals surface area contributed by atoms with Gasteiger partial charge in [-0.15, -0.1) is 15.0 Å². The van der Waals surface area contributed by atoms with Crippen molar-refractivity contribution in [2.75, 3.05) is 0 Å². The molecule has 0 radical (unpaired) electrons. The number of nitro groups is 1. The molecule has 0 N–H and O–H groups in total. The highest BCUT2D eigenvalue weighted by Crippen LogP contribution is 2.26. The Bertz CT molecular complexity index is 1060. The lowest BCUT2D eigenvalue weighted by Gasteiger charge is -2.04. The van der Waals surface area contributed by atoms with Crippen LogP contribution in [0.3, 0.4) is 0 Å². The molecular weight excluding hydrogens is 342 g/mol. The third-order valence-electron chi connectivity index (χ3n) is 3.83. The largest absolute Gasteiger partial charge is 0.377 e. The zero-order chi connectivity index (χ0) is 17.6. The summed E-state index contributed by atoms with van der Waals surface area (Å²) >= 11 is 1.30. The maximum absolute atomic E-state index is 11.4. The van der Waals surface area contributed by atoms with Crippen LogP contribution in [0.4, 0.5) is 5.82 Å². The second kappa shape index (κ2) is 5.74. The predicted molar refractivity (Wildman–Crippen MR) is 92.0 cm³/mol. The summed E-state index contributed by atoms with van der Waals surface area (Å²) in [4.78, 5) is 16.8. The summed E-state index contributed by atoms with van der Waals surface area (Å²) in [5.74, 6) is 0.685. The Morgan fingerprint density at radius 1 is 1.24 bits per heavy atom. The number of aromatic nitrogens is 6. The summed E-state index contributed by atoms with van der Waals surface area (Å²) in [6, 6.07) is 7.85. The molecule has 10 heteroatoms. The number of rotatable bonds is 4. The van der Waals surface area contributed by atoms with Crippen LogP contribution in [0.2, 0.25) is 0 Å². The lowest BCUT2D eigenvalue weighted by molar-refractivity contribution is -0.390. The third-order valence-corrected chi connectivity index (χ3v) is 4.59. The van der Waals surface area contributed by atoms with Crippen LogP contribution >= 0.6 is 11.3 Å². The van der Waals surface area contributed by atoms with Crippen LogP contribution in [0.1, 0.15) is 25.3 Å². The molecule has 3 heterocycles. The van der Waals surface area contributed by atoms with Crippen molar-refractivity contribution in [3.05, 3.63) is 51.5 Å². The highest BCUT2D eigenvalue weighted by atomic mass is 32.1. The van der Waals surface area contributed by atoms with Gasteiger partial charge in [-0.25, -0.2) is 0 Å². The Kier molecular flexibility index (Phi) is 3.53. The number of thiazole rings is 1. The summed E-state index contributed by atoms with van der Waals surface area (Å²) in [5, 5.41) is 25.3.